The molecule has 1 aromatic rings. The van der Waals surface area contributed by atoms with Crippen molar-refractivity contribution in [2.45, 2.75) is 13.0 Å². The van der Waals surface area contributed by atoms with Gasteiger partial charge in [-0.25, -0.2) is 4.79 Å². The van der Waals surface area contributed by atoms with Crippen molar-refractivity contribution in [1.29, 1.82) is 0 Å². The van der Waals surface area contributed by atoms with Crippen LogP contribution < -0.4 is 34.3 Å². The SMILES string of the molecule is COC(=O)c1ccc[n+](C(C)C(N)=O)c1.[I-]. The summed E-state index contributed by atoms with van der Waals surface area (Å²) in [4.78, 5) is 22.1. The summed E-state index contributed by atoms with van der Waals surface area (Å²) in [7, 11) is 1.30. The normalized spacial score (nSPS) is 11.1. The molecule has 0 bridgehead atoms. The third-order valence-corrected chi connectivity index (χ3v) is 2.10. The monoisotopic (exact) mass is 336 g/mol. The minimum atomic E-state index is -0.491. The molecule has 0 aliphatic heterocycles. The minimum Gasteiger partial charge on any atom is -1.00 e. The van der Waals surface area contributed by atoms with E-state index in [1.807, 2.05) is 0 Å². The second kappa shape index (κ2) is 6.41. The van der Waals surface area contributed by atoms with Gasteiger partial charge >= 0.3 is 5.97 Å². The first-order chi connectivity index (χ1) is 7.06. The quantitative estimate of drug-likeness (QED) is 0.359. The molecule has 16 heavy (non-hydrogen) atoms. The summed E-state index contributed by atoms with van der Waals surface area (Å²) in [5.41, 5.74) is 5.53. The summed E-state index contributed by atoms with van der Waals surface area (Å²) in [6.45, 7) is 1.66. The Bertz CT molecular complexity index is 395. The van der Waals surface area contributed by atoms with Crippen LogP contribution in [0.5, 0.6) is 0 Å². The number of pyridine rings is 1. The van der Waals surface area contributed by atoms with E-state index in [9.17, 15) is 9.59 Å². The highest BCUT2D eigenvalue weighted by Gasteiger charge is 2.20. The Kier molecular flexibility index (Phi) is 5.94. The zero-order valence-electron chi connectivity index (χ0n) is 9.01. The molecule has 6 heteroatoms. The van der Waals surface area contributed by atoms with Crippen molar-refractivity contribution in [3.63, 3.8) is 0 Å². The number of aromatic nitrogens is 1. The average molecular weight is 336 g/mol. The van der Waals surface area contributed by atoms with E-state index in [0.717, 1.165) is 0 Å². The van der Waals surface area contributed by atoms with Gasteiger partial charge in [0.2, 0.25) is 6.04 Å². The lowest BCUT2D eigenvalue weighted by Gasteiger charge is -2.03. The van der Waals surface area contributed by atoms with Crippen LogP contribution in [0, 0.1) is 0 Å². The molecule has 0 aliphatic rings. The van der Waals surface area contributed by atoms with Gasteiger partial charge in [-0.3, -0.25) is 4.79 Å². The van der Waals surface area contributed by atoms with E-state index in [1.165, 1.54) is 13.3 Å². The number of hydrogen-bond donors (Lipinski definition) is 1. The first-order valence-electron chi connectivity index (χ1n) is 4.44. The first kappa shape index (κ1) is 14.8. The molecule has 0 saturated carbocycles. The predicted molar refractivity (Wildman–Crippen MR) is 51.9 cm³/mol. The molecule has 0 fully saturated rings. The molecule has 5 nitrogen and oxygen atoms in total. The molecule has 88 valence electrons. The second-order valence-electron chi connectivity index (χ2n) is 3.11. The van der Waals surface area contributed by atoms with Crippen LogP contribution in [0.15, 0.2) is 24.5 Å². The molecular formula is C10H13IN2O3. The molecule has 1 heterocycles. The number of halogens is 1. The van der Waals surface area contributed by atoms with Crippen LogP contribution >= 0.6 is 0 Å². The van der Waals surface area contributed by atoms with Crippen molar-refractivity contribution < 1.29 is 42.9 Å². The second-order valence-corrected chi connectivity index (χ2v) is 3.11. The molecule has 0 saturated heterocycles. The molecule has 2 N–H and O–H groups in total. The Morgan fingerprint density at radius 3 is 2.62 bits per heavy atom. The average Bonchev–Trinajstić information content (AvgIpc) is 2.27. The molecular weight excluding hydrogens is 323 g/mol. The van der Waals surface area contributed by atoms with Gasteiger partial charge in [-0.2, -0.15) is 4.57 Å². The zero-order chi connectivity index (χ0) is 11.4. The number of amides is 1. The molecule has 0 radical (unpaired) electrons. The van der Waals surface area contributed by atoms with E-state index in [4.69, 9.17) is 5.73 Å². The van der Waals surface area contributed by atoms with Gasteiger partial charge in [0, 0.05) is 13.0 Å². The fourth-order valence-corrected chi connectivity index (χ4v) is 1.12. The summed E-state index contributed by atoms with van der Waals surface area (Å²) in [6, 6.07) is 2.77. The Labute approximate surface area is 111 Å². The van der Waals surface area contributed by atoms with Crippen LogP contribution in [-0.4, -0.2) is 19.0 Å². The highest BCUT2D eigenvalue weighted by molar-refractivity contribution is 5.88. The van der Waals surface area contributed by atoms with Crippen molar-refractivity contribution >= 4 is 11.9 Å². The number of carbonyl (C=O) groups excluding carboxylic acids is 2. The number of esters is 1. The van der Waals surface area contributed by atoms with Gasteiger partial charge in [-0.15, -0.1) is 0 Å². The molecule has 1 amide bonds. The largest absolute Gasteiger partial charge is 1.00 e. The van der Waals surface area contributed by atoms with Crippen LogP contribution in [0.25, 0.3) is 0 Å². The van der Waals surface area contributed by atoms with Crippen LogP contribution in [0.3, 0.4) is 0 Å². The van der Waals surface area contributed by atoms with E-state index in [2.05, 4.69) is 4.74 Å². The van der Waals surface area contributed by atoms with Crippen molar-refractivity contribution in [2.24, 2.45) is 5.73 Å². The highest BCUT2D eigenvalue weighted by Crippen LogP contribution is 1.99. The molecule has 1 atom stereocenters. The maximum atomic E-state index is 11.2. The Hall–Kier alpha value is -1.18. The Morgan fingerprint density at radius 1 is 1.50 bits per heavy atom. The number of methoxy groups -OCH3 is 1. The van der Waals surface area contributed by atoms with Crippen LogP contribution in [0.1, 0.15) is 23.3 Å². The third-order valence-electron chi connectivity index (χ3n) is 2.10. The number of carbonyl (C=O) groups is 2. The van der Waals surface area contributed by atoms with Gasteiger partial charge in [-0.05, 0) is 6.07 Å². The van der Waals surface area contributed by atoms with E-state index >= 15 is 0 Å². The smallest absolute Gasteiger partial charge is 0.343 e. The first-order valence-corrected chi connectivity index (χ1v) is 4.44. The predicted octanol–water partition coefficient (Wildman–Crippen LogP) is -3.19. The Balaban J connectivity index is 0.00000225. The fraction of sp³-hybridized carbons (Fsp3) is 0.300. The Morgan fingerprint density at radius 2 is 2.12 bits per heavy atom. The number of ether oxygens (including phenoxy) is 1. The summed E-state index contributed by atoms with van der Waals surface area (Å²) in [6.07, 6.45) is 3.20. The molecule has 0 aliphatic carbocycles. The topological polar surface area (TPSA) is 73.3 Å². The number of nitrogens with zero attached hydrogens (tertiary/aromatic N) is 1. The minimum absolute atomic E-state index is 0. The fourth-order valence-electron chi connectivity index (χ4n) is 1.12. The summed E-state index contributed by atoms with van der Waals surface area (Å²) in [5.74, 6) is -0.900. The number of primary amides is 1. The van der Waals surface area contributed by atoms with Gasteiger partial charge in [-0.1, -0.05) is 0 Å². The molecule has 1 unspecified atom stereocenters. The van der Waals surface area contributed by atoms with Gasteiger partial charge in [0.25, 0.3) is 5.91 Å². The number of rotatable bonds is 3. The standard InChI is InChI=1S/C10H12N2O3.HI/c1-7(9(11)13)12-5-3-4-8(6-12)10(14)15-2;/h3-7H,1-2H3,(H-,11,13);1H. The molecule has 1 rings (SSSR count). The molecule has 0 spiro atoms. The third kappa shape index (κ3) is 3.44. The van der Waals surface area contributed by atoms with Crippen molar-refractivity contribution in [1.82, 2.24) is 0 Å². The highest BCUT2D eigenvalue weighted by atomic mass is 127. The number of hydrogen-bond acceptors (Lipinski definition) is 3. The van der Waals surface area contributed by atoms with Gasteiger partial charge in [0.15, 0.2) is 12.4 Å². The van der Waals surface area contributed by atoms with E-state index in [0.29, 0.717) is 5.56 Å². The molecule has 0 aromatic carbocycles. The van der Waals surface area contributed by atoms with E-state index in [1.54, 1.807) is 29.8 Å². The van der Waals surface area contributed by atoms with Crippen LogP contribution in [-0.2, 0) is 9.53 Å². The van der Waals surface area contributed by atoms with Crippen LogP contribution in [0.4, 0.5) is 0 Å². The lowest BCUT2D eigenvalue weighted by Crippen LogP contribution is -3.00. The molecule has 1 aromatic heterocycles. The van der Waals surface area contributed by atoms with Gasteiger partial charge < -0.3 is 34.4 Å². The van der Waals surface area contributed by atoms with E-state index in [-0.39, 0.29) is 24.0 Å². The van der Waals surface area contributed by atoms with Crippen molar-refractivity contribution in [3.05, 3.63) is 30.1 Å². The van der Waals surface area contributed by atoms with Crippen LogP contribution in [0.2, 0.25) is 0 Å². The van der Waals surface area contributed by atoms with Crippen molar-refractivity contribution in [2.75, 3.05) is 7.11 Å². The maximum absolute atomic E-state index is 11.2. The zero-order valence-corrected chi connectivity index (χ0v) is 11.2. The number of nitrogens with two attached hydrogens (primary N) is 1. The summed E-state index contributed by atoms with van der Waals surface area (Å²) >= 11 is 0. The van der Waals surface area contributed by atoms with Crippen molar-refractivity contribution in [3.8, 4) is 0 Å². The lowest BCUT2D eigenvalue weighted by molar-refractivity contribution is -0.706. The van der Waals surface area contributed by atoms with E-state index < -0.39 is 17.9 Å². The van der Waals surface area contributed by atoms with Gasteiger partial charge in [0.1, 0.15) is 5.56 Å². The summed E-state index contributed by atoms with van der Waals surface area (Å²) in [5, 5.41) is 0. The van der Waals surface area contributed by atoms with Gasteiger partial charge in [0.05, 0.1) is 7.11 Å². The maximum Gasteiger partial charge on any atom is 0.343 e. The summed E-state index contributed by atoms with van der Waals surface area (Å²) < 4.78 is 6.13. The lowest BCUT2D eigenvalue weighted by atomic mass is 10.2.